The minimum Gasteiger partial charge on any atom is -0.382 e. The number of thiazole rings is 1. The van der Waals surface area contributed by atoms with Crippen molar-refractivity contribution in [1.29, 1.82) is 0 Å². The lowest BCUT2D eigenvalue weighted by atomic mass is 10.3. The summed E-state index contributed by atoms with van der Waals surface area (Å²) in [6.45, 7) is 0.418. The number of nitrogens with two attached hydrogens (primary N) is 1. The average molecular weight is 277 g/mol. The summed E-state index contributed by atoms with van der Waals surface area (Å²) < 4.78 is 0. The number of aromatic nitrogens is 2. The first-order valence-corrected chi connectivity index (χ1v) is 6.50. The van der Waals surface area contributed by atoms with Gasteiger partial charge in [0.05, 0.1) is 0 Å². The van der Waals surface area contributed by atoms with Crippen molar-refractivity contribution in [3.05, 3.63) is 35.0 Å². The number of pyridine rings is 1. The van der Waals surface area contributed by atoms with Crippen LogP contribution in [0.5, 0.6) is 0 Å². The molecule has 0 aromatic carbocycles. The second-order valence-electron chi connectivity index (χ2n) is 4.15. The molecule has 0 aliphatic rings. The standard InChI is InChI=1S/C12H15N5OS/c1-17(2)12-16-10(13)9(19-12)11(18)15-7-8-4-3-5-14-6-8/h3-6H,7,13H2,1-2H3,(H,15,18). The van der Waals surface area contributed by atoms with E-state index in [1.165, 1.54) is 11.3 Å². The maximum Gasteiger partial charge on any atom is 0.265 e. The zero-order chi connectivity index (χ0) is 13.8. The van der Waals surface area contributed by atoms with Crippen molar-refractivity contribution < 1.29 is 4.79 Å². The smallest absolute Gasteiger partial charge is 0.265 e. The number of carbonyl (C=O) groups excluding carboxylic acids is 1. The van der Waals surface area contributed by atoms with Gasteiger partial charge < -0.3 is 16.0 Å². The molecule has 2 rings (SSSR count). The van der Waals surface area contributed by atoms with Crippen LogP contribution in [-0.4, -0.2) is 30.0 Å². The lowest BCUT2D eigenvalue weighted by Gasteiger charge is -2.05. The highest BCUT2D eigenvalue weighted by Crippen LogP contribution is 2.26. The molecule has 0 radical (unpaired) electrons. The Morgan fingerprint density at radius 2 is 2.32 bits per heavy atom. The number of nitrogens with zero attached hydrogens (tertiary/aromatic N) is 3. The van der Waals surface area contributed by atoms with E-state index in [1.807, 2.05) is 31.1 Å². The first-order chi connectivity index (χ1) is 9.08. The van der Waals surface area contributed by atoms with Crippen LogP contribution in [0.3, 0.4) is 0 Å². The van der Waals surface area contributed by atoms with E-state index < -0.39 is 0 Å². The number of anilines is 2. The van der Waals surface area contributed by atoms with Crippen LogP contribution in [0, 0.1) is 0 Å². The fourth-order valence-corrected chi connectivity index (χ4v) is 2.26. The van der Waals surface area contributed by atoms with Crippen molar-refractivity contribution in [3.63, 3.8) is 0 Å². The summed E-state index contributed by atoms with van der Waals surface area (Å²) in [4.78, 5) is 22.4. The van der Waals surface area contributed by atoms with E-state index in [1.54, 1.807) is 12.4 Å². The molecule has 19 heavy (non-hydrogen) atoms. The Kier molecular flexibility index (Phi) is 3.96. The van der Waals surface area contributed by atoms with E-state index in [4.69, 9.17) is 5.73 Å². The molecule has 0 aliphatic carbocycles. The van der Waals surface area contributed by atoms with Gasteiger partial charge in [0, 0.05) is 33.0 Å². The average Bonchev–Trinajstić information content (AvgIpc) is 2.80. The topological polar surface area (TPSA) is 84.1 Å². The van der Waals surface area contributed by atoms with Crippen molar-refractivity contribution >= 4 is 28.2 Å². The summed E-state index contributed by atoms with van der Waals surface area (Å²) in [6.07, 6.45) is 3.40. The first-order valence-electron chi connectivity index (χ1n) is 5.68. The van der Waals surface area contributed by atoms with Gasteiger partial charge in [-0.15, -0.1) is 0 Å². The molecule has 2 heterocycles. The van der Waals surface area contributed by atoms with Crippen LogP contribution < -0.4 is 16.0 Å². The largest absolute Gasteiger partial charge is 0.382 e. The highest BCUT2D eigenvalue weighted by Gasteiger charge is 2.16. The van der Waals surface area contributed by atoms with Gasteiger partial charge in [-0.05, 0) is 11.6 Å². The Morgan fingerprint density at radius 1 is 1.53 bits per heavy atom. The van der Waals surface area contributed by atoms with Crippen molar-refractivity contribution in [2.45, 2.75) is 6.54 Å². The lowest BCUT2D eigenvalue weighted by molar-refractivity contribution is 0.0955. The van der Waals surface area contributed by atoms with Gasteiger partial charge in [0.15, 0.2) is 5.13 Å². The fraction of sp³-hybridized carbons (Fsp3) is 0.250. The number of rotatable bonds is 4. The maximum absolute atomic E-state index is 12.0. The van der Waals surface area contributed by atoms with Gasteiger partial charge in [-0.2, -0.15) is 0 Å². The Hall–Kier alpha value is -2.15. The summed E-state index contributed by atoms with van der Waals surface area (Å²) >= 11 is 1.27. The molecule has 1 amide bonds. The van der Waals surface area contributed by atoms with Crippen molar-refractivity contribution in [2.75, 3.05) is 24.7 Å². The number of amides is 1. The zero-order valence-electron chi connectivity index (χ0n) is 10.8. The molecule has 0 unspecified atom stereocenters. The Morgan fingerprint density at radius 3 is 2.89 bits per heavy atom. The van der Waals surface area contributed by atoms with E-state index in [-0.39, 0.29) is 11.7 Å². The summed E-state index contributed by atoms with van der Waals surface area (Å²) in [6, 6.07) is 3.72. The van der Waals surface area contributed by atoms with Gasteiger partial charge in [-0.1, -0.05) is 17.4 Å². The van der Waals surface area contributed by atoms with Crippen LogP contribution in [0.4, 0.5) is 10.9 Å². The van der Waals surface area contributed by atoms with Crippen LogP contribution >= 0.6 is 11.3 Å². The first kappa shape index (κ1) is 13.3. The molecular formula is C12H15N5OS. The maximum atomic E-state index is 12.0. The van der Waals surface area contributed by atoms with Crippen LogP contribution in [0.15, 0.2) is 24.5 Å². The van der Waals surface area contributed by atoms with Crippen molar-refractivity contribution in [3.8, 4) is 0 Å². The van der Waals surface area contributed by atoms with Crippen LogP contribution in [-0.2, 0) is 6.54 Å². The molecule has 0 aliphatic heterocycles. The number of nitrogens with one attached hydrogen (secondary N) is 1. The van der Waals surface area contributed by atoms with Crippen molar-refractivity contribution in [2.24, 2.45) is 0 Å². The minimum absolute atomic E-state index is 0.216. The molecule has 0 atom stereocenters. The third-order valence-electron chi connectivity index (χ3n) is 2.41. The third-order valence-corrected chi connectivity index (χ3v) is 3.64. The van der Waals surface area contributed by atoms with Gasteiger partial charge in [0.1, 0.15) is 10.7 Å². The van der Waals surface area contributed by atoms with E-state index in [0.29, 0.717) is 16.6 Å². The predicted octanol–water partition coefficient (Wildman–Crippen LogP) is 1.12. The number of nitrogen functional groups attached to an aromatic ring is 1. The number of hydrogen-bond acceptors (Lipinski definition) is 6. The fourth-order valence-electron chi connectivity index (χ4n) is 1.44. The summed E-state index contributed by atoms with van der Waals surface area (Å²) in [5.74, 6) is 0.0457. The second kappa shape index (κ2) is 5.66. The molecule has 7 heteroatoms. The molecular weight excluding hydrogens is 262 g/mol. The Balaban J connectivity index is 2.04. The van der Waals surface area contributed by atoms with Gasteiger partial charge in [0.2, 0.25) is 0 Å². The Labute approximate surface area is 115 Å². The van der Waals surface area contributed by atoms with Crippen molar-refractivity contribution in [1.82, 2.24) is 15.3 Å². The molecule has 0 fully saturated rings. The predicted molar refractivity (Wildman–Crippen MR) is 76.3 cm³/mol. The quantitative estimate of drug-likeness (QED) is 0.874. The number of hydrogen-bond donors (Lipinski definition) is 2. The third kappa shape index (κ3) is 3.19. The van der Waals surface area contributed by atoms with Crippen LogP contribution in [0.1, 0.15) is 15.2 Å². The van der Waals surface area contributed by atoms with E-state index in [9.17, 15) is 4.79 Å². The second-order valence-corrected chi connectivity index (χ2v) is 5.13. The van der Waals surface area contributed by atoms with Gasteiger partial charge >= 0.3 is 0 Å². The molecule has 2 aromatic rings. The lowest BCUT2D eigenvalue weighted by Crippen LogP contribution is -2.22. The molecule has 100 valence electrons. The molecule has 0 saturated carbocycles. The molecule has 2 aromatic heterocycles. The molecule has 0 saturated heterocycles. The summed E-state index contributed by atoms with van der Waals surface area (Å²) in [5, 5.41) is 3.51. The van der Waals surface area contributed by atoms with E-state index in [0.717, 1.165) is 5.56 Å². The normalized spacial score (nSPS) is 10.2. The van der Waals surface area contributed by atoms with E-state index in [2.05, 4.69) is 15.3 Å². The van der Waals surface area contributed by atoms with Crippen LogP contribution in [0.25, 0.3) is 0 Å². The van der Waals surface area contributed by atoms with Gasteiger partial charge in [-0.25, -0.2) is 4.98 Å². The molecule has 0 spiro atoms. The van der Waals surface area contributed by atoms with E-state index >= 15 is 0 Å². The summed E-state index contributed by atoms with van der Waals surface area (Å²) in [5.41, 5.74) is 6.69. The molecule has 6 nitrogen and oxygen atoms in total. The summed E-state index contributed by atoms with van der Waals surface area (Å²) in [7, 11) is 3.71. The van der Waals surface area contributed by atoms with Crippen LogP contribution in [0.2, 0.25) is 0 Å². The monoisotopic (exact) mass is 277 g/mol. The molecule has 3 N–H and O–H groups in total. The minimum atomic E-state index is -0.216. The SMILES string of the molecule is CN(C)c1nc(N)c(C(=O)NCc2cccnc2)s1. The van der Waals surface area contributed by atoms with Gasteiger partial charge in [0.25, 0.3) is 5.91 Å². The highest BCUT2D eigenvalue weighted by atomic mass is 32.1. The highest BCUT2D eigenvalue weighted by molar-refractivity contribution is 7.18. The molecule has 0 bridgehead atoms. The van der Waals surface area contributed by atoms with Gasteiger partial charge in [-0.3, -0.25) is 9.78 Å². The Bertz CT molecular complexity index is 567. The zero-order valence-corrected chi connectivity index (χ0v) is 11.6. The number of carbonyl (C=O) groups is 1.